The summed E-state index contributed by atoms with van der Waals surface area (Å²) in [7, 11) is 0. The first-order chi connectivity index (χ1) is 15.6. The first-order valence-electron chi connectivity index (χ1n) is 10.1. The Hall–Kier alpha value is -2.72. The van der Waals surface area contributed by atoms with Gasteiger partial charge in [0.25, 0.3) is 11.5 Å². The van der Waals surface area contributed by atoms with E-state index in [0.29, 0.717) is 46.5 Å². The van der Waals surface area contributed by atoms with Gasteiger partial charge in [-0.3, -0.25) is 19.4 Å². The minimum atomic E-state index is -0.324. The predicted molar refractivity (Wildman–Crippen MR) is 126 cm³/mol. The number of hydrogen-bond donors (Lipinski definition) is 0. The van der Waals surface area contributed by atoms with Crippen LogP contribution in [0.1, 0.15) is 5.56 Å². The number of hydrogen-bond acceptors (Lipinski definition) is 7. The van der Waals surface area contributed by atoms with Crippen LogP contribution in [0, 0.1) is 0 Å². The molecule has 0 bridgehead atoms. The molecule has 5 rings (SSSR count). The molecule has 1 fully saturated rings. The SMILES string of the molecule is CSc1nc2ccccc2c(=O)n1/N=C1/C(=O)N(CN2CCOCC2)c2ccc(Cl)cc21. The van der Waals surface area contributed by atoms with Gasteiger partial charge in [-0.2, -0.15) is 9.78 Å². The summed E-state index contributed by atoms with van der Waals surface area (Å²) in [5.74, 6) is -0.277. The molecule has 8 nitrogen and oxygen atoms in total. The molecule has 1 aromatic heterocycles. The first kappa shape index (κ1) is 21.1. The lowest BCUT2D eigenvalue weighted by molar-refractivity contribution is -0.112. The number of amides is 1. The van der Waals surface area contributed by atoms with Crippen molar-refractivity contribution >= 4 is 51.6 Å². The van der Waals surface area contributed by atoms with Gasteiger partial charge >= 0.3 is 0 Å². The lowest BCUT2D eigenvalue weighted by Gasteiger charge is -2.30. The summed E-state index contributed by atoms with van der Waals surface area (Å²) in [5, 5.41) is 5.87. The molecule has 1 saturated heterocycles. The van der Waals surface area contributed by atoms with E-state index in [1.165, 1.54) is 16.4 Å². The number of halogens is 1. The Morgan fingerprint density at radius 3 is 2.72 bits per heavy atom. The minimum Gasteiger partial charge on any atom is -0.379 e. The van der Waals surface area contributed by atoms with Gasteiger partial charge in [-0.1, -0.05) is 35.5 Å². The molecule has 3 heterocycles. The number of morpholine rings is 1. The lowest BCUT2D eigenvalue weighted by Crippen LogP contribution is -2.46. The zero-order chi connectivity index (χ0) is 22.2. The molecule has 164 valence electrons. The third-order valence-electron chi connectivity index (χ3n) is 5.50. The van der Waals surface area contributed by atoms with Crippen molar-refractivity contribution in [2.75, 3.05) is 44.1 Å². The van der Waals surface area contributed by atoms with Crippen molar-refractivity contribution < 1.29 is 9.53 Å². The van der Waals surface area contributed by atoms with Crippen LogP contribution < -0.4 is 10.5 Å². The summed E-state index contributed by atoms with van der Waals surface area (Å²) in [6.07, 6.45) is 1.82. The van der Waals surface area contributed by atoms with Crippen molar-refractivity contribution in [2.45, 2.75) is 5.16 Å². The Kier molecular flexibility index (Phi) is 5.73. The number of benzene rings is 2. The summed E-state index contributed by atoms with van der Waals surface area (Å²) < 4.78 is 6.63. The fourth-order valence-electron chi connectivity index (χ4n) is 3.89. The van der Waals surface area contributed by atoms with E-state index in [-0.39, 0.29) is 17.2 Å². The fraction of sp³-hybridized carbons (Fsp3) is 0.273. The number of rotatable bonds is 4. The summed E-state index contributed by atoms with van der Waals surface area (Å²) in [5.41, 5.74) is 1.76. The quantitative estimate of drug-likeness (QED) is 0.431. The van der Waals surface area contributed by atoms with Gasteiger partial charge < -0.3 is 4.74 Å². The monoisotopic (exact) mass is 469 g/mol. The Labute approximate surface area is 193 Å². The smallest absolute Gasteiger partial charge is 0.282 e. The number of nitrogens with zero attached hydrogens (tertiary/aromatic N) is 5. The van der Waals surface area contributed by atoms with Crippen molar-refractivity contribution in [3.8, 4) is 0 Å². The molecule has 1 amide bonds. The molecule has 2 aliphatic rings. The van der Waals surface area contributed by atoms with Crippen LogP contribution in [0.4, 0.5) is 5.69 Å². The van der Waals surface area contributed by atoms with Crippen LogP contribution in [-0.4, -0.2) is 65.4 Å². The molecule has 2 aromatic carbocycles. The van der Waals surface area contributed by atoms with E-state index in [1.807, 2.05) is 18.4 Å². The number of anilines is 1. The highest BCUT2D eigenvalue weighted by molar-refractivity contribution is 7.98. The largest absolute Gasteiger partial charge is 0.379 e. The second-order valence-corrected chi connectivity index (χ2v) is 8.66. The number of aromatic nitrogens is 2. The Morgan fingerprint density at radius 2 is 1.94 bits per heavy atom. The maximum absolute atomic E-state index is 13.5. The zero-order valence-electron chi connectivity index (χ0n) is 17.3. The highest BCUT2D eigenvalue weighted by Gasteiger charge is 2.36. The molecule has 10 heteroatoms. The maximum atomic E-state index is 13.5. The third kappa shape index (κ3) is 3.71. The average molecular weight is 470 g/mol. The summed E-state index contributed by atoms with van der Waals surface area (Å²) in [4.78, 5) is 35.1. The van der Waals surface area contributed by atoms with Crippen LogP contribution >= 0.6 is 23.4 Å². The number of fused-ring (bicyclic) bond motifs is 2. The molecule has 32 heavy (non-hydrogen) atoms. The van der Waals surface area contributed by atoms with Crippen LogP contribution in [0.15, 0.2) is 57.5 Å². The summed E-state index contributed by atoms with van der Waals surface area (Å²) in [6, 6.07) is 12.4. The number of carbonyl (C=O) groups excluding carboxylic acids is 1. The van der Waals surface area contributed by atoms with Crippen molar-refractivity contribution in [1.29, 1.82) is 0 Å². The highest BCUT2D eigenvalue weighted by Crippen LogP contribution is 2.32. The van der Waals surface area contributed by atoms with E-state index in [2.05, 4.69) is 15.0 Å². The molecule has 0 spiro atoms. The standard InChI is InChI=1S/C22H20ClN5O3S/c1-32-22-24-17-5-3-2-4-15(17)20(29)28(22)25-19-16-12-14(23)6-7-18(16)27(21(19)30)13-26-8-10-31-11-9-26/h2-7,12H,8-11,13H2,1H3/b25-19+. The molecule has 0 radical (unpaired) electrons. The highest BCUT2D eigenvalue weighted by atomic mass is 35.5. The number of thioether (sulfide) groups is 1. The van der Waals surface area contributed by atoms with Gasteiger partial charge in [0.1, 0.15) is 0 Å². The zero-order valence-corrected chi connectivity index (χ0v) is 18.9. The molecule has 0 atom stereocenters. The lowest BCUT2D eigenvalue weighted by atomic mass is 10.1. The van der Waals surface area contributed by atoms with Gasteiger partial charge in [-0.15, -0.1) is 0 Å². The van der Waals surface area contributed by atoms with Gasteiger partial charge in [0.2, 0.25) is 0 Å². The van der Waals surface area contributed by atoms with Gasteiger partial charge in [-0.25, -0.2) is 4.98 Å². The molecule has 0 saturated carbocycles. The normalized spacial score (nSPS) is 18.0. The second-order valence-electron chi connectivity index (χ2n) is 7.45. The molecular weight excluding hydrogens is 450 g/mol. The van der Waals surface area contributed by atoms with Gasteiger partial charge in [0.15, 0.2) is 10.9 Å². The third-order valence-corrected chi connectivity index (χ3v) is 6.37. The number of ether oxygens (including phenoxy) is 1. The fourth-order valence-corrected chi connectivity index (χ4v) is 4.55. The van der Waals surface area contributed by atoms with E-state index >= 15 is 0 Å². The van der Waals surface area contributed by atoms with E-state index in [1.54, 1.807) is 35.2 Å². The van der Waals surface area contributed by atoms with Gasteiger partial charge in [-0.05, 0) is 36.6 Å². The maximum Gasteiger partial charge on any atom is 0.282 e. The average Bonchev–Trinajstić information content (AvgIpc) is 3.06. The molecule has 0 N–H and O–H groups in total. The Balaban J connectivity index is 1.63. The van der Waals surface area contributed by atoms with Gasteiger partial charge in [0.05, 0.1) is 36.5 Å². The topological polar surface area (TPSA) is 80.0 Å². The van der Waals surface area contributed by atoms with Crippen LogP contribution in [0.2, 0.25) is 5.02 Å². The van der Waals surface area contributed by atoms with E-state index in [0.717, 1.165) is 18.8 Å². The van der Waals surface area contributed by atoms with Crippen molar-refractivity contribution in [2.24, 2.45) is 5.10 Å². The summed E-state index contributed by atoms with van der Waals surface area (Å²) in [6.45, 7) is 3.15. The molecule has 0 unspecified atom stereocenters. The van der Waals surface area contributed by atoms with E-state index in [9.17, 15) is 9.59 Å². The summed E-state index contributed by atoms with van der Waals surface area (Å²) >= 11 is 7.54. The van der Waals surface area contributed by atoms with Crippen LogP contribution in [-0.2, 0) is 9.53 Å². The van der Waals surface area contributed by atoms with E-state index < -0.39 is 0 Å². The van der Waals surface area contributed by atoms with Crippen molar-refractivity contribution in [1.82, 2.24) is 14.6 Å². The Bertz CT molecular complexity index is 1300. The molecule has 0 aliphatic carbocycles. The van der Waals surface area contributed by atoms with Crippen molar-refractivity contribution in [3.05, 3.63) is 63.4 Å². The van der Waals surface area contributed by atoms with Crippen LogP contribution in [0.25, 0.3) is 10.9 Å². The van der Waals surface area contributed by atoms with Crippen LogP contribution in [0.5, 0.6) is 0 Å². The van der Waals surface area contributed by atoms with Crippen molar-refractivity contribution in [3.63, 3.8) is 0 Å². The Morgan fingerprint density at radius 1 is 1.16 bits per heavy atom. The molecule has 2 aliphatic heterocycles. The second kappa shape index (κ2) is 8.67. The predicted octanol–water partition coefficient (Wildman–Crippen LogP) is 2.66. The number of para-hydroxylation sites is 1. The van der Waals surface area contributed by atoms with Crippen LogP contribution in [0.3, 0.4) is 0 Å². The molecule has 3 aromatic rings. The minimum absolute atomic E-state index is 0.172. The van der Waals surface area contributed by atoms with E-state index in [4.69, 9.17) is 16.3 Å². The number of carbonyl (C=O) groups is 1. The first-order valence-corrected chi connectivity index (χ1v) is 11.7. The molecular formula is C22H20ClN5O3S. The van der Waals surface area contributed by atoms with Gasteiger partial charge in [0, 0.05) is 23.7 Å².